The van der Waals surface area contributed by atoms with Crippen LogP contribution in [0.25, 0.3) is 0 Å². The molecule has 0 bridgehead atoms. The van der Waals surface area contributed by atoms with Crippen LogP contribution in [0.5, 0.6) is 0 Å². The van der Waals surface area contributed by atoms with Gasteiger partial charge in [-0.3, -0.25) is 0 Å². The third-order valence-electron chi connectivity index (χ3n) is 1.74. The van der Waals surface area contributed by atoms with Crippen LogP contribution in [0.2, 0.25) is 0 Å². The average Bonchev–Trinajstić information content (AvgIpc) is 2.16. The smallest absolute Gasteiger partial charge is 0.337 e. The van der Waals surface area contributed by atoms with Gasteiger partial charge in [-0.2, -0.15) is 0 Å². The van der Waals surface area contributed by atoms with E-state index in [2.05, 4.69) is 0 Å². The zero-order valence-corrected chi connectivity index (χ0v) is 10.2. The predicted molar refractivity (Wildman–Crippen MR) is 53.1 cm³/mol. The van der Waals surface area contributed by atoms with Gasteiger partial charge in [-0.15, -0.1) is 0 Å². The number of hydrogen-bond donors (Lipinski definition) is 3. The number of carbonyl (C=O) groups is 3. The maximum absolute atomic E-state index is 10.7. The van der Waals surface area contributed by atoms with Crippen molar-refractivity contribution in [1.82, 2.24) is 0 Å². The maximum atomic E-state index is 10.7. The summed E-state index contributed by atoms with van der Waals surface area (Å²) < 4.78 is 0. The summed E-state index contributed by atoms with van der Waals surface area (Å²) in [5, 5.41) is 26.0. The molecule has 0 aromatic heterocycles. The van der Waals surface area contributed by atoms with Gasteiger partial charge >= 0.3 is 17.9 Å². The second-order valence-electron chi connectivity index (χ2n) is 2.64. The summed E-state index contributed by atoms with van der Waals surface area (Å²) in [6.07, 6.45) is 0. The number of rotatable bonds is 3. The predicted octanol–water partition coefficient (Wildman–Crippen LogP) is 0.400. The van der Waals surface area contributed by atoms with Crippen LogP contribution in [0.4, 0.5) is 0 Å². The maximum Gasteiger partial charge on any atom is 0.337 e. The molecule has 0 saturated heterocycles. The summed E-state index contributed by atoms with van der Waals surface area (Å²) in [7, 11) is 0. The molecule has 0 fully saturated rings. The Morgan fingerprint density at radius 2 is 1.19 bits per heavy atom. The van der Waals surface area contributed by atoms with E-state index in [1.807, 2.05) is 0 Å². The summed E-state index contributed by atoms with van der Waals surface area (Å²) in [4.78, 5) is 32.0. The van der Waals surface area contributed by atoms with E-state index in [0.29, 0.717) is 0 Å². The summed E-state index contributed by atoms with van der Waals surface area (Å²) in [5.41, 5.74) is -1.79. The Bertz CT molecular complexity index is 421. The monoisotopic (exact) mass is 250 g/mol. The molecule has 0 aliphatic carbocycles. The number of aromatic carboxylic acids is 3. The first-order valence-corrected chi connectivity index (χ1v) is 3.78. The number of hydrogen-bond acceptors (Lipinski definition) is 3. The molecular formula is C9H6CaO6. The van der Waals surface area contributed by atoms with E-state index >= 15 is 0 Å². The van der Waals surface area contributed by atoms with Crippen molar-refractivity contribution in [2.75, 3.05) is 0 Å². The Morgan fingerprint density at radius 3 is 1.44 bits per heavy atom. The molecule has 7 heteroatoms. The second kappa shape index (κ2) is 5.83. The van der Waals surface area contributed by atoms with Gasteiger partial charge in [-0.1, -0.05) is 6.07 Å². The number of carboxylic acids is 3. The molecule has 0 heterocycles. The summed E-state index contributed by atoms with van der Waals surface area (Å²) >= 11 is 0. The zero-order valence-electron chi connectivity index (χ0n) is 8.01. The van der Waals surface area contributed by atoms with Crippen LogP contribution in [0.1, 0.15) is 31.1 Å². The molecule has 1 aromatic rings. The fourth-order valence-corrected chi connectivity index (χ4v) is 1.14. The molecule has 3 N–H and O–H groups in total. The molecule has 0 aliphatic heterocycles. The van der Waals surface area contributed by atoms with Gasteiger partial charge in [0.2, 0.25) is 0 Å². The van der Waals surface area contributed by atoms with E-state index in [1.165, 1.54) is 6.07 Å². The van der Waals surface area contributed by atoms with Crippen LogP contribution < -0.4 is 0 Å². The van der Waals surface area contributed by atoms with Crippen molar-refractivity contribution in [3.8, 4) is 0 Å². The third-order valence-corrected chi connectivity index (χ3v) is 1.74. The number of carboxylic acid groups (broad SMARTS) is 3. The standard InChI is InChI=1S/C9H6O6.Ca/c10-7(11)4-2-1-3-5(8(12)13)6(4)9(14)15;/h1-3H,(H,10,11)(H,12,13)(H,14,15);. The van der Waals surface area contributed by atoms with E-state index in [9.17, 15) is 14.4 Å². The normalized spacial score (nSPS) is 9.00. The van der Waals surface area contributed by atoms with E-state index in [1.54, 1.807) is 0 Å². The molecule has 6 nitrogen and oxygen atoms in total. The molecule has 0 spiro atoms. The van der Waals surface area contributed by atoms with E-state index in [0.717, 1.165) is 12.1 Å². The number of benzene rings is 1. The molecule has 80 valence electrons. The van der Waals surface area contributed by atoms with Gasteiger partial charge in [-0.25, -0.2) is 14.4 Å². The fourth-order valence-electron chi connectivity index (χ4n) is 1.14. The van der Waals surface area contributed by atoms with Gasteiger partial charge in [0.05, 0.1) is 16.7 Å². The third kappa shape index (κ3) is 2.94. The van der Waals surface area contributed by atoms with Crippen molar-refractivity contribution in [3.63, 3.8) is 0 Å². The molecule has 1 rings (SSSR count). The van der Waals surface area contributed by atoms with Crippen molar-refractivity contribution >= 4 is 55.6 Å². The van der Waals surface area contributed by atoms with Gasteiger partial charge < -0.3 is 15.3 Å². The van der Waals surface area contributed by atoms with Crippen LogP contribution in [0.3, 0.4) is 0 Å². The van der Waals surface area contributed by atoms with E-state index in [-0.39, 0.29) is 37.7 Å². The van der Waals surface area contributed by atoms with E-state index in [4.69, 9.17) is 15.3 Å². The van der Waals surface area contributed by atoms with Crippen LogP contribution >= 0.6 is 0 Å². The van der Waals surface area contributed by atoms with Crippen LogP contribution in [-0.2, 0) is 0 Å². The van der Waals surface area contributed by atoms with Gasteiger partial charge in [0.25, 0.3) is 0 Å². The second-order valence-corrected chi connectivity index (χ2v) is 2.64. The van der Waals surface area contributed by atoms with Crippen molar-refractivity contribution in [3.05, 3.63) is 34.9 Å². The summed E-state index contributed by atoms with van der Waals surface area (Å²) in [6, 6.07) is 3.26. The first kappa shape index (κ1) is 14.9. The molecule has 0 saturated carbocycles. The molecule has 0 unspecified atom stereocenters. The molecule has 0 amide bonds. The Hall–Kier alpha value is -1.11. The molecule has 1 aromatic carbocycles. The molecule has 2 radical (unpaired) electrons. The van der Waals surface area contributed by atoms with Gasteiger partial charge in [-0.05, 0) is 12.1 Å². The summed E-state index contributed by atoms with van der Waals surface area (Å²) in [6.45, 7) is 0. The average molecular weight is 250 g/mol. The van der Waals surface area contributed by atoms with Crippen molar-refractivity contribution in [2.24, 2.45) is 0 Å². The van der Waals surface area contributed by atoms with Crippen LogP contribution in [0.15, 0.2) is 18.2 Å². The molecular weight excluding hydrogens is 244 g/mol. The molecule has 0 aliphatic rings. The first-order chi connectivity index (χ1) is 6.95. The topological polar surface area (TPSA) is 112 Å². The van der Waals surface area contributed by atoms with Crippen molar-refractivity contribution in [2.45, 2.75) is 0 Å². The Kier molecular flexibility index (Phi) is 5.43. The minimum atomic E-state index is -1.58. The van der Waals surface area contributed by atoms with Gasteiger partial charge in [0.1, 0.15) is 0 Å². The Morgan fingerprint density at radius 1 is 0.812 bits per heavy atom. The molecule has 0 atom stereocenters. The fraction of sp³-hybridized carbons (Fsp3) is 0. The molecule has 16 heavy (non-hydrogen) atoms. The first-order valence-electron chi connectivity index (χ1n) is 3.78. The Labute approximate surface area is 120 Å². The van der Waals surface area contributed by atoms with E-state index < -0.39 is 34.6 Å². The minimum Gasteiger partial charge on any atom is -0.478 e. The van der Waals surface area contributed by atoms with Crippen molar-refractivity contribution < 1.29 is 29.7 Å². The van der Waals surface area contributed by atoms with Gasteiger partial charge in [0, 0.05) is 37.7 Å². The SMILES string of the molecule is O=C(O)c1cccc(C(=O)O)c1C(=O)O.[Ca]. The van der Waals surface area contributed by atoms with Crippen LogP contribution in [0, 0.1) is 0 Å². The zero-order chi connectivity index (χ0) is 11.6. The van der Waals surface area contributed by atoms with Crippen molar-refractivity contribution in [1.29, 1.82) is 0 Å². The Balaban J connectivity index is 0.00000225. The van der Waals surface area contributed by atoms with Gasteiger partial charge in [0.15, 0.2) is 0 Å². The van der Waals surface area contributed by atoms with Crippen LogP contribution in [-0.4, -0.2) is 71.0 Å². The summed E-state index contributed by atoms with van der Waals surface area (Å²) in [5.74, 6) is -4.53. The largest absolute Gasteiger partial charge is 0.478 e. The minimum absolute atomic E-state index is 0. The quantitative estimate of drug-likeness (QED) is 0.669.